The highest BCUT2D eigenvalue weighted by Gasteiger charge is 2.20. The highest BCUT2D eigenvalue weighted by Crippen LogP contribution is 2.17. The Morgan fingerprint density at radius 1 is 1.47 bits per heavy atom. The molecular formula is C15H21FN2O. The van der Waals surface area contributed by atoms with Crippen molar-refractivity contribution in [3.8, 4) is 0 Å². The second-order valence-corrected chi connectivity index (χ2v) is 5.33. The Balaban J connectivity index is 1.91. The molecule has 1 saturated heterocycles. The third kappa shape index (κ3) is 3.77. The second kappa shape index (κ2) is 6.15. The second-order valence-electron chi connectivity index (χ2n) is 5.33. The van der Waals surface area contributed by atoms with Gasteiger partial charge in [-0.15, -0.1) is 0 Å². The first kappa shape index (κ1) is 14.0. The lowest BCUT2D eigenvalue weighted by molar-refractivity contribution is -0.118. The van der Waals surface area contributed by atoms with E-state index in [-0.39, 0.29) is 11.7 Å². The average molecular weight is 264 g/mol. The van der Waals surface area contributed by atoms with E-state index >= 15 is 0 Å². The molecule has 0 bridgehead atoms. The van der Waals surface area contributed by atoms with Crippen LogP contribution in [0, 0.1) is 12.7 Å². The predicted octanol–water partition coefficient (Wildman–Crippen LogP) is 2.95. The first-order valence-electron chi connectivity index (χ1n) is 6.86. The zero-order chi connectivity index (χ0) is 13.8. The van der Waals surface area contributed by atoms with E-state index in [0.717, 1.165) is 19.4 Å². The number of benzene rings is 1. The van der Waals surface area contributed by atoms with E-state index in [1.807, 2.05) is 0 Å². The van der Waals surface area contributed by atoms with E-state index in [9.17, 15) is 9.18 Å². The molecule has 0 radical (unpaired) electrons. The topological polar surface area (TPSA) is 32.3 Å². The molecule has 0 unspecified atom stereocenters. The van der Waals surface area contributed by atoms with Crippen LogP contribution in [0.5, 0.6) is 0 Å². The summed E-state index contributed by atoms with van der Waals surface area (Å²) in [6.07, 6.45) is 3.53. The van der Waals surface area contributed by atoms with Crippen molar-refractivity contribution in [2.45, 2.75) is 39.2 Å². The molecule has 1 atom stereocenters. The third-order valence-corrected chi connectivity index (χ3v) is 3.74. The van der Waals surface area contributed by atoms with Gasteiger partial charge in [0.05, 0.1) is 6.54 Å². The van der Waals surface area contributed by atoms with Gasteiger partial charge in [0.2, 0.25) is 5.91 Å². The largest absolute Gasteiger partial charge is 0.325 e. The average Bonchev–Trinajstić information content (AvgIpc) is 2.37. The van der Waals surface area contributed by atoms with E-state index in [0.29, 0.717) is 23.8 Å². The van der Waals surface area contributed by atoms with Crippen molar-refractivity contribution in [2.24, 2.45) is 0 Å². The molecule has 1 aliphatic rings. The lowest BCUT2D eigenvalue weighted by atomic mass is 10.0. The van der Waals surface area contributed by atoms with Crippen LogP contribution in [0.4, 0.5) is 10.1 Å². The van der Waals surface area contributed by atoms with Crippen LogP contribution in [-0.4, -0.2) is 29.9 Å². The molecule has 0 aromatic heterocycles. The van der Waals surface area contributed by atoms with Gasteiger partial charge in [-0.3, -0.25) is 9.69 Å². The summed E-state index contributed by atoms with van der Waals surface area (Å²) in [6.45, 7) is 5.21. The molecule has 1 aromatic carbocycles. The van der Waals surface area contributed by atoms with Gasteiger partial charge in [-0.2, -0.15) is 0 Å². The van der Waals surface area contributed by atoms with Gasteiger partial charge in [-0.1, -0.05) is 12.5 Å². The Morgan fingerprint density at radius 3 is 2.95 bits per heavy atom. The number of nitrogens with zero attached hydrogens (tertiary/aromatic N) is 1. The van der Waals surface area contributed by atoms with Gasteiger partial charge in [-0.25, -0.2) is 4.39 Å². The van der Waals surface area contributed by atoms with Crippen molar-refractivity contribution < 1.29 is 9.18 Å². The van der Waals surface area contributed by atoms with E-state index in [1.54, 1.807) is 19.1 Å². The molecule has 3 nitrogen and oxygen atoms in total. The summed E-state index contributed by atoms with van der Waals surface area (Å²) >= 11 is 0. The van der Waals surface area contributed by atoms with E-state index in [4.69, 9.17) is 0 Å². The fraction of sp³-hybridized carbons (Fsp3) is 0.533. The molecule has 1 N–H and O–H groups in total. The fourth-order valence-corrected chi connectivity index (χ4v) is 2.45. The molecule has 1 aliphatic heterocycles. The monoisotopic (exact) mass is 264 g/mol. The number of halogens is 1. The van der Waals surface area contributed by atoms with Crippen molar-refractivity contribution in [1.29, 1.82) is 0 Å². The maximum absolute atomic E-state index is 13.4. The number of anilines is 1. The molecule has 2 rings (SSSR count). The van der Waals surface area contributed by atoms with Crippen molar-refractivity contribution in [1.82, 2.24) is 4.90 Å². The first-order valence-corrected chi connectivity index (χ1v) is 6.86. The molecule has 19 heavy (non-hydrogen) atoms. The molecule has 104 valence electrons. The molecule has 4 heteroatoms. The van der Waals surface area contributed by atoms with E-state index in [1.165, 1.54) is 12.5 Å². The number of carbonyl (C=O) groups excluding carboxylic acids is 1. The van der Waals surface area contributed by atoms with Gasteiger partial charge in [0.25, 0.3) is 0 Å². The number of carbonyl (C=O) groups is 1. The first-order chi connectivity index (χ1) is 9.06. The molecule has 0 saturated carbocycles. The van der Waals surface area contributed by atoms with Crippen LogP contribution in [0.1, 0.15) is 31.7 Å². The number of amides is 1. The van der Waals surface area contributed by atoms with Crippen LogP contribution in [0.3, 0.4) is 0 Å². The zero-order valence-corrected chi connectivity index (χ0v) is 11.6. The summed E-state index contributed by atoms with van der Waals surface area (Å²) in [5.74, 6) is -0.360. The van der Waals surface area contributed by atoms with Crippen LogP contribution in [0.2, 0.25) is 0 Å². The summed E-state index contributed by atoms with van der Waals surface area (Å²) in [4.78, 5) is 14.1. The SMILES string of the molecule is Cc1ccc(NC(=O)CN2CCCC[C@@H]2C)cc1F. The van der Waals surface area contributed by atoms with Crippen molar-refractivity contribution in [2.75, 3.05) is 18.4 Å². The van der Waals surface area contributed by atoms with Crippen LogP contribution < -0.4 is 5.32 Å². The van der Waals surface area contributed by atoms with Crippen molar-refractivity contribution in [3.05, 3.63) is 29.6 Å². The Morgan fingerprint density at radius 2 is 2.26 bits per heavy atom. The summed E-state index contributed by atoms with van der Waals surface area (Å²) in [5, 5.41) is 2.76. The maximum Gasteiger partial charge on any atom is 0.238 e. The van der Waals surface area contributed by atoms with E-state index in [2.05, 4.69) is 17.1 Å². The van der Waals surface area contributed by atoms with Crippen LogP contribution in [0.25, 0.3) is 0 Å². The third-order valence-electron chi connectivity index (χ3n) is 3.74. The highest BCUT2D eigenvalue weighted by molar-refractivity contribution is 5.92. The molecule has 1 aromatic rings. The van der Waals surface area contributed by atoms with Crippen LogP contribution >= 0.6 is 0 Å². The number of hydrogen-bond donors (Lipinski definition) is 1. The van der Waals surface area contributed by atoms with Gasteiger partial charge in [0.1, 0.15) is 5.82 Å². The molecule has 1 amide bonds. The Labute approximate surface area is 113 Å². The zero-order valence-electron chi connectivity index (χ0n) is 11.6. The summed E-state index contributed by atoms with van der Waals surface area (Å²) in [6, 6.07) is 5.23. The number of hydrogen-bond acceptors (Lipinski definition) is 2. The maximum atomic E-state index is 13.4. The number of rotatable bonds is 3. The van der Waals surface area contributed by atoms with Gasteiger partial charge in [0.15, 0.2) is 0 Å². The van der Waals surface area contributed by atoms with Gasteiger partial charge >= 0.3 is 0 Å². The van der Waals surface area contributed by atoms with Gasteiger partial charge in [-0.05, 0) is 50.9 Å². The number of likely N-dealkylation sites (tertiary alicyclic amines) is 1. The predicted molar refractivity (Wildman–Crippen MR) is 74.7 cm³/mol. The summed E-state index contributed by atoms with van der Waals surface area (Å²) in [7, 11) is 0. The number of nitrogens with one attached hydrogen (secondary N) is 1. The standard InChI is InChI=1S/C15H21FN2O/c1-11-6-7-13(9-14(11)16)17-15(19)10-18-8-4-3-5-12(18)2/h6-7,9,12H,3-5,8,10H2,1-2H3,(H,17,19)/t12-/m0/s1. The van der Waals surface area contributed by atoms with Gasteiger partial charge in [0, 0.05) is 11.7 Å². The smallest absolute Gasteiger partial charge is 0.238 e. The quantitative estimate of drug-likeness (QED) is 0.910. The number of aryl methyl sites for hydroxylation is 1. The Hall–Kier alpha value is -1.42. The molecular weight excluding hydrogens is 243 g/mol. The Bertz CT molecular complexity index is 461. The highest BCUT2D eigenvalue weighted by atomic mass is 19.1. The lowest BCUT2D eigenvalue weighted by Gasteiger charge is -2.32. The van der Waals surface area contributed by atoms with Crippen LogP contribution in [0.15, 0.2) is 18.2 Å². The number of piperidine rings is 1. The summed E-state index contributed by atoms with van der Waals surface area (Å²) in [5.41, 5.74) is 1.11. The fourth-order valence-electron chi connectivity index (χ4n) is 2.45. The van der Waals surface area contributed by atoms with E-state index < -0.39 is 0 Å². The minimum absolute atomic E-state index is 0.0722. The van der Waals surface area contributed by atoms with Crippen LogP contribution in [-0.2, 0) is 4.79 Å². The Kier molecular flexibility index (Phi) is 4.53. The molecule has 1 heterocycles. The molecule has 0 spiro atoms. The minimum atomic E-state index is -0.288. The van der Waals surface area contributed by atoms with Gasteiger partial charge < -0.3 is 5.32 Å². The van der Waals surface area contributed by atoms with Crippen molar-refractivity contribution in [3.63, 3.8) is 0 Å². The summed E-state index contributed by atoms with van der Waals surface area (Å²) < 4.78 is 13.4. The lowest BCUT2D eigenvalue weighted by Crippen LogP contribution is -2.42. The van der Waals surface area contributed by atoms with Crippen molar-refractivity contribution >= 4 is 11.6 Å². The molecule has 1 fully saturated rings. The normalized spacial score (nSPS) is 20.3. The minimum Gasteiger partial charge on any atom is -0.325 e. The molecule has 0 aliphatic carbocycles.